The molecule has 0 atom stereocenters. The van der Waals surface area contributed by atoms with Crippen molar-refractivity contribution < 1.29 is 19.0 Å². The zero-order chi connectivity index (χ0) is 15.9. The van der Waals surface area contributed by atoms with Gasteiger partial charge in [0.05, 0.1) is 20.8 Å². The normalized spacial score (nSPS) is 10.1. The summed E-state index contributed by atoms with van der Waals surface area (Å²) in [6.45, 7) is 5.62. The van der Waals surface area contributed by atoms with E-state index in [4.69, 9.17) is 14.2 Å². The Morgan fingerprint density at radius 3 is 2.19 bits per heavy atom. The molecule has 0 aliphatic rings. The standard InChI is InChI=1S/C16H21NO4/c1-16(2,3)21-15(18)17-8-6-7-12-9-13(19-4)11-14(10-12)20-5/h9-11H,8H2,1-5H3,(H,17,18). The van der Waals surface area contributed by atoms with Crippen molar-refractivity contribution in [3.63, 3.8) is 0 Å². The summed E-state index contributed by atoms with van der Waals surface area (Å²) in [6.07, 6.45) is -0.486. The quantitative estimate of drug-likeness (QED) is 0.870. The van der Waals surface area contributed by atoms with Crippen molar-refractivity contribution >= 4 is 6.09 Å². The molecule has 0 saturated carbocycles. The Morgan fingerprint density at radius 1 is 1.14 bits per heavy atom. The van der Waals surface area contributed by atoms with E-state index in [1.54, 1.807) is 53.2 Å². The first-order valence-electron chi connectivity index (χ1n) is 6.53. The number of carbonyl (C=O) groups excluding carboxylic acids is 1. The third-order valence-electron chi connectivity index (χ3n) is 2.30. The van der Waals surface area contributed by atoms with Crippen LogP contribution in [0.5, 0.6) is 11.5 Å². The third kappa shape index (κ3) is 6.57. The van der Waals surface area contributed by atoms with E-state index in [1.807, 2.05) is 0 Å². The second kappa shape index (κ2) is 7.44. The highest BCUT2D eigenvalue weighted by Gasteiger charge is 2.14. The SMILES string of the molecule is COc1cc(C#CCNC(=O)OC(C)(C)C)cc(OC)c1. The van der Waals surface area contributed by atoms with Crippen molar-refractivity contribution in [1.82, 2.24) is 5.32 Å². The molecule has 0 aliphatic heterocycles. The molecule has 21 heavy (non-hydrogen) atoms. The number of carbonyl (C=O) groups is 1. The van der Waals surface area contributed by atoms with E-state index >= 15 is 0 Å². The predicted octanol–water partition coefficient (Wildman–Crippen LogP) is 2.58. The Hall–Kier alpha value is -2.35. The monoisotopic (exact) mass is 291 g/mol. The van der Waals surface area contributed by atoms with Crippen molar-refractivity contribution in [2.24, 2.45) is 0 Å². The van der Waals surface area contributed by atoms with E-state index in [2.05, 4.69) is 17.2 Å². The second-order valence-electron chi connectivity index (χ2n) is 5.26. The molecule has 0 aliphatic carbocycles. The topological polar surface area (TPSA) is 56.8 Å². The number of alkyl carbamates (subject to hydrolysis) is 1. The fourth-order valence-electron chi connectivity index (χ4n) is 1.46. The van der Waals surface area contributed by atoms with E-state index in [-0.39, 0.29) is 6.54 Å². The highest BCUT2D eigenvalue weighted by atomic mass is 16.6. The average molecular weight is 291 g/mol. The second-order valence-corrected chi connectivity index (χ2v) is 5.26. The van der Waals surface area contributed by atoms with Gasteiger partial charge in [0.15, 0.2) is 0 Å². The van der Waals surface area contributed by atoms with Gasteiger partial charge in [0, 0.05) is 11.6 Å². The van der Waals surface area contributed by atoms with Crippen molar-refractivity contribution in [3.8, 4) is 23.3 Å². The van der Waals surface area contributed by atoms with Crippen molar-refractivity contribution in [2.75, 3.05) is 20.8 Å². The fourth-order valence-corrected chi connectivity index (χ4v) is 1.46. The number of ether oxygens (including phenoxy) is 3. The minimum absolute atomic E-state index is 0.203. The van der Waals surface area contributed by atoms with Gasteiger partial charge < -0.3 is 19.5 Å². The van der Waals surface area contributed by atoms with Crippen LogP contribution in [0.15, 0.2) is 18.2 Å². The molecule has 1 N–H and O–H groups in total. The van der Waals surface area contributed by atoms with Gasteiger partial charge in [-0.25, -0.2) is 4.79 Å². The first kappa shape index (κ1) is 16.7. The molecule has 1 amide bonds. The highest BCUT2D eigenvalue weighted by molar-refractivity contribution is 5.68. The summed E-state index contributed by atoms with van der Waals surface area (Å²) in [5.41, 5.74) is 0.231. The summed E-state index contributed by atoms with van der Waals surface area (Å²) in [4.78, 5) is 11.4. The van der Waals surface area contributed by atoms with E-state index in [1.165, 1.54) is 0 Å². The van der Waals surface area contributed by atoms with E-state index < -0.39 is 11.7 Å². The van der Waals surface area contributed by atoms with Gasteiger partial charge in [-0.3, -0.25) is 0 Å². The van der Waals surface area contributed by atoms with Crippen molar-refractivity contribution in [1.29, 1.82) is 0 Å². The van der Waals surface area contributed by atoms with E-state index in [0.717, 1.165) is 5.56 Å². The minimum atomic E-state index is -0.516. The van der Waals surface area contributed by atoms with E-state index in [9.17, 15) is 4.79 Å². The molecule has 0 unspecified atom stereocenters. The Morgan fingerprint density at radius 2 is 1.71 bits per heavy atom. The lowest BCUT2D eigenvalue weighted by molar-refractivity contribution is 0.0535. The molecule has 1 aromatic carbocycles. The van der Waals surface area contributed by atoms with Crippen LogP contribution in [0.2, 0.25) is 0 Å². The lowest BCUT2D eigenvalue weighted by Crippen LogP contribution is -2.32. The maximum Gasteiger partial charge on any atom is 0.408 e. The third-order valence-corrected chi connectivity index (χ3v) is 2.30. The molecule has 0 radical (unpaired) electrons. The van der Waals surface area contributed by atoms with Crippen LogP contribution in [0.3, 0.4) is 0 Å². The zero-order valence-electron chi connectivity index (χ0n) is 13.1. The number of hydrogen-bond acceptors (Lipinski definition) is 4. The average Bonchev–Trinajstić information content (AvgIpc) is 2.41. The van der Waals surface area contributed by atoms with Crippen LogP contribution in [-0.4, -0.2) is 32.5 Å². The molecule has 5 heteroatoms. The van der Waals surface area contributed by atoms with Crippen LogP contribution in [0.1, 0.15) is 26.3 Å². The molecule has 0 saturated heterocycles. The lowest BCUT2D eigenvalue weighted by Gasteiger charge is -2.19. The number of nitrogens with one attached hydrogen (secondary N) is 1. The number of rotatable bonds is 3. The molecule has 0 bridgehead atoms. The van der Waals surface area contributed by atoms with Crippen molar-refractivity contribution in [2.45, 2.75) is 26.4 Å². The van der Waals surface area contributed by atoms with Crippen LogP contribution >= 0.6 is 0 Å². The molecule has 114 valence electrons. The first-order chi connectivity index (χ1) is 9.84. The van der Waals surface area contributed by atoms with Crippen LogP contribution in [-0.2, 0) is 4.74 Å². The Kier molecular flexibility index (Phi) is 5.92. The molecule has 0 fully saturated rings. The van der Waals surface area contributed by atoms with Crippen LogP contribution in [0.25, 0.3) is 0 Å². The number of benzene rings is 1. The van der Waals surface area contributed by atoms with Gasteiger partial charge >= 0.3 is 6.09 Å². The lowest BCUT2D eigenvalue weighted by atomic mass is 10.2. The summed E-state index contributed by atoms with van der Waals surface area (Å²) in [5.74, 6) is 7.11. The zero-order valence-corrected chi connectivity index (χ0v) is 13.1. The number of methoxy groups -OCH3 is 2. The molecule has 0 heterocycles. The van der Waals surface area contributed by atoms with Crippen LogP contribution in [0.4, 0.5) is 4.79 Å². The largest absolute Gasteiger partial charge is 0.497 e. The molecule has 0 spiro atoms. The summed E-state index contributed by atoms with van der Waals surface area (Å²) < 4.78 is 15.4. The van der Waals surface area contributed by atoms with Gasteiger partial charge in [0.1, 0.15) is 17.1 Å². The number of hydrogen-bond donors (Lipinski definition) is 1. The van der Waals surface area contributed by atoms with Gasteiger partial charge in [-0.15, -0.1) is 0 Å². The first-order valence-corrected chi connectivity index (χ1v) is 6.53. The van der Waals surface area contributed by atoms with Gasteiger partial charge in [0.2, 0.25) is 0 Å². The van der Waals surface area contributed by atoms with Gasteiger partial charge in [-0.05, 0) is 32.9 Å². The van der Waals surface area contributed by atoms with Crippen LogP contribution < -0.4 is 14.8 Å². The van der Waals surface area contributed by atoms with E-state index in [0.29, 0.717) is 11.5 Å². The molecular weight excluding hydrogens is 270 g/mol. The summed E-state index contributed by atoms with van der Waals surface area (Å²) >= 11 is 0. The summed E-state index contributed by atoms with van der Waals surface area (Å²) in [6, 6.07) is 5.36. The van der Waals surface area contributed by atoms with Crippen LogP contribution in [0, 0.1) is 11.8 Å². The smallest absolute Gasteiger partial charge is 0.408 e. The van der Waals surface area contributed by atoms with Gasteiger partial charge in [-0.1, -0.05) is 11.8 Å². The molecule has 5 nitrogen and oxygen atoms in total. The summed E-state index contributed by atoms with van der Waals surface area (Å²) in [7, 11) is 3.16. The molecular formula is C16H21NO4. The maximum absolute atomic E-state index is 11.4. The summed E-state index contributed by atoms with van der Waals surface area (Å²) in [5, 5.41) is 2.57. The van der Waals surface area contributed by atoms with Crippen molar-refractivity contribution in [3.05, 3.63) is 23.8 Å². The molecule has 1 rings (SSSR count). The Balaban J connectivity index is 2.61. The predicted molar refractivity (Wildman–Crippen MR) is 80.7 cm³/mol. The van der Waals surface area contributed by atoms with Gasteiger partial charge in [0.25, 0.3) is 0 Å². The minimum Gasteiger partial charge on any atom is -0.497 e. The number of amides is 1. The molecule has 1 aromatic rings. The van der Waals surface area contributed by atoms with Gasteiger partial charge in [-0.2, -0.15) is 0 Å². The highest BCUT2D eigenvalue weighted by Crippen LogP contribution is 2.21. The molecule has 0 aromatic heterocycles. The Labute approximate surface area is 125 Å². The Bertz CT molecular complexity index is 527. The maximum atomic E-state index is 11.4. The fraction of sp³-hybridized carbons (Fsp3) is 0.438.